The van der Waals surface area contributed by atoms with Crippen molar-refractivity contribution in [1.82, 2.24) is 5.32 Å². The van der Waals surface area contributed by atoms with Gasteiger partial charge < -0.3 is 5.32 Å². The number of rotatable bonds is 4. The second-order valence-corrected chi connectivity index (χ2v) is 5.47. The van der Waals surface area contributed by atoms with Crippen molar-refractivity contribution in [1.29, 1.82) is 0 Å². The van der Waals surface area contributed by atoms with Gasteiger partial charge in [0.1, 0.15) is 0 Å². The number of carbonyl (C=O) groups excluding carboxylic acids is 1. The minimum Gasteiger partial charge on any atom is -0.347 e. The van der Waals surface area contributed by atoms with Crippen LogP contribution in [0.15, 0.2) is 29.6 Å². The predicted octanol–water partition coefficient (Wildman–Crippen LogP) is 3.20. The molecule has 0 unspecified atom stereocenters. The van der Waals surface area contributed by atoms with E-state index in [1.807, 2.05) is 18.4 Å². The van der Waals surface area contributed by atoms with Crippen LogP contribution < -0.4 is 5.32 Å². The number of benzene rings is 1. The number of nitrogens with zero attached hydrogens (tertiary/aromatic N) is 1. The molecule has 0 radical (unpaired) electrons. The number of nitro benzene ring substituents is 1. The van der Waals surface area contributed by atoms with Crippen molar-refractivity contribution < 1.29 is 9.72 Å². The molecular formula is C14H14N2O3S. The molecule has 1 aromatic heterocycles. The Hall–Kier alpha value is -2.21. The van der Waals surface area contributed by atoms with Crippen LogP contribution in [0.1, 0.15) is 26.4 Å². The topological polar surface area (TPSA) is 72.2 Å². The van der Waals surface area contributed by atoms with E-state index >= 15 is 0 Å². The fourth-order valence-corrected chi connectivity index (χ4v) is 2.70. The molecule has 2 aromatic rings. The van der Waals surface area contributed by atoms with E-state index in [0.29, 0.717) is 17.7 Å². The highest BCUT2D eigenvalue weighted by molar-refractivity contribution is 7.10. The highest BCUT2D eigenvalue weighted by atomic mass is 32.1. The molecule has 0 saturated heterocycles. The molecule has 2 rings (SSSR count). The number of amides is 1. The third-order valence-electron chi connectivity index (χ3n) is 3.03. The predicted molar refractivity (Wildman–Crippen MR) is 78.1 cm³/mol. The molecule has 104 valence electrons. The molecule has 0 fully saturated rings. The minimum absolute atomic E-state index is 0.0238. The van der Waals surface area contributed by atoms with E-state index < -0.39 is 4.92 Å². The molecule has 1 aromatic carbocycles. The van der Waals surface area contributed by atoms with Gasteiger partial charge in [-0.25, -0.2) is 0 Å². The van der Waals surface area contributed by atoms with E-state index in [-0.39, 0.29) is 11.6 Å². The first kappa shape index (κ1) is 14.2. The van der Waals surface area contributed by atoms with Gasteiger partial charge in [-0.15, -0.1) is 11.3 Å². The van der Waals surface area contributed by atoms with Crippen LogP contribution in [-0.4, -0.2) is 10.8 Å². The van der Waals surface area contributed by atoms with Crippen molar-refractivity contribution in [2.75, 3.05) is 0 Å². The summed E-state index contributed by atoms with van der Waals surface area (Å²) in [6.45, 7) is 4.09. The van der Waals surface area contributed by atoms with Crippen LogP contribution in [0.3, 0.4) is 0 Å². The SMILES string of the molecule is Cc1cc(C(=O)NCc2sccc2C)ccc1[N+](=O)[O-]. The Balaban J connectivity index is 2.08. The van der Waals surface area contributed by atoms with E-state index in [2.05, 4.69) is 5.32 Å². The first-order valence-corrected chi connectivity index (χ1v) is 6.93. The highest BCUT2D eigenvalue weighted by Gasteiger charge is 2.13. The fourth-order valence-electron chi connectivity index (χ4n) is 1.85. The van der Waals surface area contributed by atoms with Crippen molar-refractivity contribution >= 4 is 22.9 Å². The number of aryl methyl sites for hydroxylation is 2. The smallest absolute Gasteiger partial charge is 0.272 e. The molecule has 0 aliphatic rings. The normalized spacial score (nSPS) is 10.3. The summed E-state index contributed by atoms with van der Waals surface area (Å²) >= 11 is 1.59. The standard InChI is InChI=1S/C14H14N2O3S/c1-9-5-6-20-13(9)8-15-14(17)11-3-4-12(16(18)19)10(2)7-11/h3-7H,8H2,1-2H3,(H,15,17). The number of nitro groups is 1. The first-order valence-electron chi connectivity index (χ1n) is 6.05. The Bertz CT molecular complexity index is 664. The van der Waals surface area contributed by atoms with Gasteiger partial charge in [-0.1, -0.05) is 0 Å². The molecule has 20 heavy (non-hydrogen) atoms. The van der Waals surface area contributed by atoms with E-state index in [4.69, 9.17) is 0 Å². The average molecular weight is 290 g/mol. The van der Waals surface area contributed by atoms with Crippen molar-refractivity contribution in [3.63, 3.8) is 0 Å². The summed E-state index contributed by atoms with van der Waals surface area (Å²) in [6.07, 6.45) is 0. The number of nitrogens with one attached hydrogen (secondary N) is 1. The largest absolute Gasteiger partial charge is 0.347 e. The summed E-state index contributed by atoms with van der Waals surface area (Å²) in [5.41, 5.74) is 2.09. The molecule has 1 amide bonds. The molecule has 0 saturated carbocycles. The van der Waals surface area contributed by atoms with Crippen molar-refractivity contribution in [3.8, 4) is 0 Å². The zero-order chi connectivity index (χ0) is 14.7. The van der Waals surface area contributed by atoms with E-state index in [1.165, 1.54) is 18.2 Å². The lowest BCUT2D eigenvalue weighted by molar-refractivity contribution is -0.385. The van der Waals surface area contributed by atoms with Gasteiger partial charge in [0, 0.05) is 22.1 Å². The second kappa shape index (κ2) is 5.83. The maximum atomic E-state index is 12.0. The molecule has 1 N–H and O–H groups in total. The van der Waals surface area contributed by atoms with E-state index in [1.54, 1.807) is 18.3 Å². The van der Waals surface area contributed by atoms with Gasteiger partial charge in [0.25, 0.3) is 11.6 Å². The van der Waals surface area contributed by atoms with Gasteiger partial charge >= 0.3 is 0 Å². The molecule has 0 atom stereocenters. The maximum Gasteiger partial charge on any atom is 0.272 e. The summed E-state index contributed by atoms with van der Waals surface area (Å²) in [4.78, 5) is 23.4. The van der Waals surface area contributed by atoms with Crippen LogP contribution in [0, 0.1) is 24.0 Å². The van der Waals surface area contributed by atoms with Gasteiger partial charge in [-0.3, -0.25) is 14.9 Å². The maximum absolute atomic E-state index is 12.0. The van der Waals surface area contributed by atoms with E-state index in [0.717, 1.165) is 10.4 Å². The van der Waals surface area contributed by atoms with Gasteiger partial charge in [0.2, 0.25) is 0 Å². The molecule has 0 bridgehead atoms. The molecule has 0 spiro atoms. The Kier molecular flexibility index (Phi) is 4.14. The van der Waals surface area contributed by atoms with Crippen LogP contribution in [0.5, 0.6) is 0 Å². The molecule has 0 aliphatic heterocycles. The van der Waals surface area contributed by atoms with Crippen molar-refractivity contribution in [2.24, 2.45) is 0 Å². The summed E-state index contributed by atoms with van der Waals surface area (Å²) in [5.74, 6) is -0.226. The first-order chi connectivity index (χ1) is 9.49. The lowest BCUT2D eigenvalue weighted by atomic mass is 10.1. The Morgan fingerprint density at radius 3 is 2.60 bits per heavy atom. The van der Waals surface area contributed by atoms with Gasteiger partial charge in [0.05, 0.1) is 11.5 Å². The molecular weight excluding hydrogens is 276 g/mol. The summed E-state index contributed by atoms with van der Waals surface area (Å²) in [5, 5.41) is 15.5. The minimum atomic E-state index is -0.452. The average Bonchev–Trinajstić information content (AvgIpc) is 2.81. The Morgan fingerprint density at radius 1 is 1.30 bits per heavy atom. The van der Waals surface area contributed by atoms with E-state index in [9.17, 15) is 14.9 Å². The summed E-state index contributed by atoms with van der Waals surface area (Å²) in [7, 11) is 0. The quantitative estimate of drug-likeness (QED) is 0.694. The van der Waals surface area contributed by atoms with Crippen LogP contribution >= 0.6 is 11.3 Å². The van der Waals surface area contributed by atoms with Crippen LogP contribution in [0.4, 0.5) is 5.69 Å². The third-order valence-corrected chi connectivity index (χ3v) is 4.06. The van der Waals surface area contributed by atoms with Crippen LogP contribution in [-0.2, 0) is 6.54 Å². The number of hydrogen-bond donors (Lipinski definition) is 1. The molecule has 1 heterocycles. The number of carbonyl (C=O) groups is 1. The summed E-state index contributed by atoms with van der Waals surface area (Å²) in [6, 6.07) is 6.37. The molecule has 0 aliphatic carbocycles. The van der Waals surface area contributed by atoms with Crippen molar-refractivity contribution in [3.05, 3.63) is 61.3 Å². The Morgan fingerprint density at radius 2 is 2.05 bits per heavy atom. The molecule has 6 heteroatoms. The number of hydrogen-bond acceptors (Lipinski definition) is 4. The van der Waals surface area contributed by atoms with Gasteiger partial charge in [-0.2, -0.15) is 0 Å². The van der Waals surface area contributed by atoms with Crippen LogP contribution in [0.25, 0.3) is 0 Å². The number of thiophene rings is 1. The zero-order valence-corrected chi connectivity index (χ0v) is 12.0. The molecule has 5 nitrogen and oxygen atoms in total. The highest BCUT2D eigenvalue weighted by Crippen LogP contribution is 2.19. The Labute approximate surface area is 120 Å². The van der Waals surface area contributed by atoms with Crippen LogP contribution in [0.2, 0.25) is 0 Å². The monoisotopic (exact) mass is 290 g/mol. The second-order valence-electron chi connectivity index (χ2n) is 4.47. The van der Waals surface area contributed by atoms with Gasteiger partial charge in [0.15, 0.2) is 0 Å². The lowest BCUT2D eigenvalue weighted by Crippen LogP contribution is -2.22. The fraction of sp³-hybridized carbons (Fsp3) is 0.214. The lowest BCUT2D eigenvalue weighted by Gasteiger charge is -2.06. The van der Waals surface area contributed by atoms with Crippen molar-refractivity contribution in [2.45, 2.75) is 20.4 Å². The summed E-state index contributed by atoms with van der Waals surface area (Å²) < 4.78 is 0. The third kappa shape index (κ3) is 3.03. The zero-order valence-electron chi connectivity index (χ0n) is 11.2. The van der Waals surface area contributed by atoms with Gasteiger partial charge in [-0.05, 0) is 43.0 Å².